The van der Waals surface area contributed by atoms with Crippen LogP contribution < -0.4 is 10.6 Å². The van der Waals surface area contributed by atoms with E-state index in [0.29, 0.717) is 0 Å². The van der Waals surface area contributed by atoms with Crippen LogP contribution in [-0.2, 0) is 11.2 Å². The first-order chi connectivity index (χ1) is 12.2. The van der Waals surface area contributed by atoms with Gasteiger partial charge in [-0.05, 0) is 42.0 Å². The third-order valence-corrected chi connectivity index (χ3v) is 3.69. The largest absolute Gasteiger partial charge is 0.370 e. The first-order valence-corrected chi connectivity index (χ1v) is 8.18. The molecule has 1 amide bonds. The van der Waals surface area contributed by atoms with E-state index in [1.54, 1.807) is 6.20 Å². The van der Waals surface area contributed by atoms with Gasteiger partial charge in [-0.2, -0.15) is 0 Å². The number of nitrogens with one attached hydrogen (secondary N) is 2. The van der Waals surface area contributed by atoms with Crippen LogP contribution in [0, 0.1) is 0 Å². The van der Waals surface area contributed by atoms with E-state index in [1.165, 1.54) is 6.92 Å². The Labute approximate surface area is 147 Å². The van der Waals surface area contributed by atoms with Crippen LogP contribution in [-0.4, -0.2) is 22.4 Å². The van der Waals surface area contributed by atoms with Gasteiger partial charge >= 0.3 is 0 Å². The molecular formula is C20H20N4O. The van der Waals surface area contributed by atoms with Crippen molar-refractivity contribution in [3.8, 4) is 11.1 Å². The summed E-state index contributed by atoms with van der Waals surface area (Å²) >= 11 is 0. The van der Waals surface area contributed by atoms with Crippen LogP contribution in [0.4, 0.5) is 11.5 Å². The average molecular weight is 332 g/mol. The number of hydrogen-bond donors (Lipinski definition) is 2. The highest BCUT2D eigenvalue weighted by molar-refractivity contribution is 5.89. The van der Waals surface area contributed by atoms with Crippen molar-refractivity contribution in [2.24, 2.45) is 0 Å². The molecule has 0 aliphatic rings. The monoisotopic (exact) mass is 332 g/mol. The van der Waals surface area contributed by atoms with Gasteiger partial charge in [0.1, 0.15) is 5.82 Å². The van der Waals surface area contributed by atoms with Gasteiger partial charge in [-0.25, -0.2) is 4.98 Å². The number of anilines is 2. The Morgan fingerprint density at radius 3 is 2.64 bits per heavy atom. The van der Waals surface area contributed by atoms with Crippen molar-refractivity contribution in [1.82, 2.24) is 9.97 Å². The number of hydrogen-bond acceptors (Lipinski definition) is 4. The van der Waals surface area contributed by atoms with E-state index in [-0.39, 0.29) is 5.91 Å². The van der Waals surface area contributed by atoms with Gasteiger partial charge in [-0.15, -0.1) is 0 Å². The summed E-state index contributed by atoms with van der Waals surface area (Å²) in [7, 11) is 0. The number of pyridine rings is 2. The summed E-state index contributed by atoms with van der Waals surface area (Å²) in [6.45, 7) is 2.28. The molecule has 0 spiro atoms. The maximum atomic E-state index is 11.2. The first-order valence-electron chi connectivity index (χ1n) is 8.18. The zero-order valence-corrected chi connectivity index (χ0v) is 14.1. The molecule has 0 radical (unpaired) electrons. The van der Waals surface area contributed by atoms with E-state index in [2.05, 4.69) is 20.6 Å². The molecule has 0 saturated carbocycles. The van der Waals surface area contributed by atoms with Gasteiger partial charge in [0.15, 0.2) is 0 Å². The maximum Gasteiger partial charge on any atom is 0.221 e. The summed E-state index contributed by atoms with van der Waals surface area (Å²) in [5.41, 5.74) is 3.85. The number of carbonyl (C=O) groups excluding carboxylic acids is 1. The normalized spacial score (nSPS) is 10.3. The molecule has 0 fully saturated rings. The molecule has 0 atom stereocenters. The minimum atomic E-state index is -0.0808. The van der Waals surface area contributed by atoms with Gasteiger partial charge < -0.3 is 10.6 Å². The number of carbonyl (C=O) groups is 1. The van der Waals surface area contributed by atoms with Crippen molar-refractivity contribution in [2.75, 3.05) is 17.2 Å². The van der Waals surface area contributed by atoms with Crippen LogP contribution in [0.15, 0.2) is 67.0 Å². The third-order valence-electron chi connectivity index (χ3n) is 3.69. The maximum absolute atomic E-state index is 11.2. The number of nitrogens with zero attached hydrogens (tertiary/aromatic N) is 2. The zero-order chi connectivity index (χ0) is 17.5. The highest BCUT2D eigenvalue weighted by Crippen LogP contribution is 2.23. The lowest BCUT2D eigenvalue weighted by Gasteiger charge is -2.08. The van der Waals surface area contributed by atoms with Crippen LogP contribution in [0.25, 0.3) is 11.1 Å². The van der Waals surface area contributed by atoms with Crippen LogP contribution in [0.5, 0.6) is 0 Å². The molecule has 1 aromatic carbocycles. The lowest BCUT2D eigenvalue weighted by Crippen LogP contribution is -2.07. The second-order valence-corrected chi connectivity index (χ2v) is 5.69. The Balaban J connectivity index is 1.61. The van der Waals surface area contributed by atoms with Crippen molar-refractivity contribution in [2.45, 2.75) is 13.3 Å². The fraction of sp³-hybridized carbons (Fsp3) is 0.150. The molecule has 5 nitrogen and oxygen atoms in total. The second kappa shape index (κ2) is 8.06. The van der Waals surface area contributed by atoms with Crippen LogP contribution in [0.1, 0.15) is 12.6 Å². The Kier molecular flexibility index (Phi) is 5.36. The Morgan fingerprint density at radius 1 is 1.00 bits per heavy atom. The van der Waals surface area contributed by atoms with Crippen LogP contribution >= 0.6 is 0 Å². The van der Waals surface area contributed by atoms with E-state index in [1.807, 2.05) is 60.8 Å². The molecular weight excluding hydrogens is 312 g/mol. The molecule has 25 heavy (non-hydrogen) atoms. The SMILES string of the molecule is CC(=O)Nc1cccc(-c2ccc(NCCc3ccccn3)nc2)c1. The molecule has 0 saturated heterocycles. The topological polar surface area (TPSA) is 66.9 Å². The van der Waals surface area contributed by atoms with Gasteiger partial charge in [-0.1, -0.05) is 18.2 Å². The van der Waals surface area contributed by atoms with Gasteiger partial charge in [0, 0.05) is 49.2 Å². The molecule has 0 unspecified atom stereocenters. The summed E-state index contributed by atoms with van der Waals surface area (Å²) in [5.74, 6) is 0.750. The summed E-state index contributed by atoms with van der Waals surface area (Å²) in [6, 6.07) is 17.6. The van der Waals surface area contributed by atoms with E-state index < -0.39 is 0 Å². The molecule has 0 aliphatic carbocycles. The molecule has 2 heterocycles. The average Bonchev–Trinajstić information content (AvgIpc) is 2.63. The highest BCUT2D eigenvalue weighted by Gasteiger charge is 2.02. The molecule has 0 bridgehead atoms. The van der Waals surface area contributed by atoms with Gasteiger partial charge in [-0.3, -0.25) is 9.78 Å². The summed E-state index contributed by atoms with van der Waals surface area (Å²) in [6.07, 6.45) is 4.48. The molecule has 3 rings (SSSR count). The van der Waals surface area contributed by atoms with Crippen molar-refractivity contribution < 1.29 is 4.79 Å². The van der Waals surface area contributed by atoms with Gasteiger partial charge in [0.2, 0.25) is 5.91 Å². The van der Waals surface area contributed by atoms with Gasteiger partial charge in [0.25, 0.3) is 0 Å². The molecule has 5 heteroatoms. The molecule has 126 valence electrons. The first kappa shape index (κ1) is 16.6. The molecule has 2 N–H and O–H groups in total. The number of benzene rings is 1. The van der Waals surface area contributed by atoms with Crippen molar-refractivity contribution in [3.05, 3.63) is 72.7 Å². The number of amides is 1. The minimum Gasteiger partial charge on any atom is -0.370 e. The van der Waals surface area contributed by atoms with E-state index in [4.69, 9.17) is 0 Å². The van der Waals surface area contributed by atoms with E-state index in [0.717, 1.165) is 41.3 Å². The molecule has 3 aromatic rings. The predicted octanol–water partition coefficient (Wildman–Crippen LogP) is 3.76. The standard InChI is InChI=1S/C20H20N4O/c1-15(25)24-19-7-4-5-16(13-19)17-8-9-20(23-14-17)22-12-10-18-6-2-3-11-21-18/h2-9,11,13-14H,10,12H2,1H3,(H,22,23)(H,24,25). The number of aromatic nitrogens is 2. The lowest BCUT2D eigenvalue weighted by molar-refractivity contribution is -0.114. The smallest absolute Gasteiger partial charge is 0.221 e. The summed E-state index contributed by atoms with van der Waals surface area (Å²) in [5, 5.41) is 6.09. The lowest BCUT2D eigenvalue weighted by atomic mass is 10.1. The van der Waals surface area contributed by atoms with Crippen molar-refractivity contribution >= 4 is 17.4 Å². The second-order valence-electron chi connectivity index (χ2n) is 5.69. The predicted molar refractivity (Wildman–Crippen MR) is 100 cm³/mol. The quantitative estimate of drug-likeness (QED) is 0.721. The van der Waals surface area contributed by atoms with Crippen LogP contribution in [0.3, 0.4) is 0 Å². The van der Waals surface area contributed by atoms with Crippen molar-refractivity contribution in [1.29, 1.82) is 0 Å². The Hall–Kier alpha value is -3.21. The Morgan fingerprint density at radius 2 is 1.92 bits per heavy atom. The van der Waals surface area contributed by atoms with Crippen molar-refractivity contribution in [3.63, 3.8) is 0 Å². The highest BCUT2D eigenvalue weighted by atomic mass is 16.1. The minimum absolute atomic E-state index is 0.0808. The molecule has 0 aliphatic heterocycles. The summed E-state index contributed by atoms with van der Waals surface area (Å²) in [4.78, 5) is 19.9. The van der Waals surface area contributed by atoms with E-state index >= 15 is 0 Å². The fourth-order valence-corrected chi connectivity index (χ4v) is 2.51. The number of rotatable bonds is 6. The van der Waals surface area contributed by atoms with Crippen LogP contribution in [0.2, 0.25) is 0 Å². The zero-order valence-electron chi connectivity index (χ0n) is 14.1. The fourth-order valence-electron chi connectivity index (χ4n) is 2.51. The Bertz CT molecular complexity index is 832. The summed E-state index contributed by atoms with van der Waals surface area (Å²) < 4.78 is 0. The molecule has 2 aromatic heterocycles. The third kappa shape index (κ3) is 4.88. The van der Waals surface area contributed by atoms with Gasteiger partial charge in [0.05, 0.1) is 0 Å². The van der Waals surface area contributed by atoms with E-state index in [9.17, 15) is 4.79 Å².